The van der Waals surface area contributed by atoms with Crippen LogP contribution >= 0.6 is 0 Å². The van der Waals surface area contributed by atoms with E-state index in [1.807, 2.05) is 45.9 Å². The fourth-order valence-electron chi connectivity index (χ4n) is 2.45. The number of hydrazone groups is 1. The van der Waals surface area contributed by atoms with Crippen molar-refractivity contribution in [1.82, 2.24) is 10.7 Å². The van der Waals surface area contributed by atoms with Crippen LogP contribution < -0.4 is 20.8 Å². The van der Waals surface area contributed by atoms with E-state index >= 15 is 0 Å². The fourth-order valence-corrected chi connectivity index (χ4v) is 2.45. The van der Waals surface area contributed by atoms with Crippen molar-refractivity contribution < 1.29 is 19.1 Å². The number of benzene rings is 2. The Morgan fingerprint density at radius 2 is 1.74 bits per heavy atom. The SMILES string of the molecule is Cc1ccc(C)c(NC(=O)COc2ccc(/C=N\NC(=O)C(=O)NCC(C)C)cc2)c1. The molecule has 0 heterocycles. The van der Waals surface area contributed by atoms with Gasteiger partial charge in [0.05, 0.1) is 6.21 Å². The molecule has 8 heteroatoms. The second kappa shape index (κ2) is 11.5. The number of nitrogens with zero attached hydrogens (tertiary/aromatic N) is 1. The largest absolute Gasteiger partial charge is 0.484 e. The van der Waals surface area contributed by atoms with Crippen molar-refractivity contribution in [3.05, 3.63) is 59.2 Å². The summed E-state index contributed by atoms with van der Waals surface area (Å²) in [5, 5.41) is 9.11. The molecule has 0 atom stereocenters. The van der Waals surface area contributed by atoms with Gasteiger partial charge >= 0.3 is 11.8 Å². The third kappa shape index (κ3) is 8.30. The number of carbonyl (C=O) groups is 3. The van der Waals surface area contributed by atoms with Gasteiger partial charge in [-0.3, -0.25) is 14.4 Å². The molecule has 0 aliphatic carbocycles. The molecule has 164 valence electrons. The van der Waals surface area contributed by atoms with Gasteiger partial charge in [0.2, 0.25) is 0 Å². The van der Waals surface area contributed by atoms with Crippen LogP contribution in [-0.2, 0) is 14.4 Å². The third-order valence-corrected chi connectivity index (χ3v) is 4.17. The minimum atomic E-state index is -0.827. The maximum absolute atomic E-state index is 12.1. The van der Waals surface area contributed by atoms with E-state index in [1.165, 1.54) is 6.21 Å². The highest BCUT2D eigenvalue weighted by Crippen LogP contribution is 2.16. The highest BCUT2D eigenvalue weighted by molar-refractivity contribution is 6.35. The standard InChI is InChI=1S/C23H28N4O4/c1-15(2)12-24-22(29)23(30)27-25-13-18-7-9-19(10-8-18)31-14-21(28)26-20-11-16(3)5-6-17(20)4/h5-11,13,15H,12,14H2,1-4H3,(H,24,29)(H,26,28)(H,27,30)/b25-13-. The maximum atomic E-state index is 12.1. The van der Waals surface area contributed by atoms with Crippen LogP contribution in [0.25, 0.3) is 0 Å². The fraction of sp³-hybridized carbons (Fsp3) is 0.304. The van der Waals surface area contributed by atoms with Gasteiger partial charge < -0.3 is 15.4 Å². The lowest BCUT2D eigenvalue weighted by Gasteiger charge is -2.10. The van der Waals surface area contributed by atoms with Crippen LogP contribution in [0, 0.1) is 19.8 Å². The number of carbonyl (C=O) groups excluding carboxylic acids is 3. The summed E-state index contributed by atoms with van der Waals surface area (Å²) in [6.45, 7) is 8.05. The van der Waals surface area contributed by atoms with Crippen molar-refractivity contribution in [2.24, 2.45) is 11.0 Å². The number of anilines is 1. The molecule has 0 spiro atoms. The van der Waals surface area contributed by atoms with E-state index in [0.29, 0.717) is 17.9 Å². The molecule has 3 amide bonds. The van der Waals surface area contributed by atoms with E-state index < -0.39 is 11.8 Å². The lowest BCUT2D eigenvalue weighted by Crippen LogP contribution is -2.39. The van der Waals surface area contributed by atoms with Crippen LogP contribution in [0.5, 0.6) is 5.75 Å². The Balaban J connectivity index is 1.79. The first-order chi connectivity index (χ1) is 14.7. The monoisotopic (exact) mass is 424 g/mol. The lowest BCUT2D eigenvalue weighted by molar-refractivity contribution is -0.139. The highest BCUT2D eigenvalue weighted by atomic mass is 16.5. The van der Waals surface area contributed by atoms with Crippen LogP contribution in [-0.4, -0.2) is 37.1 Å². The molecule has 0 fully saturated rings. The quantitative estimate of drug-likeness (QED) is 0.344. The zero-order valence-electron chi connectivity index (χ0n) is 18.2. The van der Waals surface area contributed by atoms with Gasteiger partial charge in [-0.15, -0.1) is 0 Å². The molecule has 8 nitrogen and oxygen atoms in total. The van der Waals surface area contributed by atoms with E-state index in [0.717, 1.165) is 16.8 Å². The first-order valence-corrected chi connectivity index (χ1v) is 9.96. The minimum Gasteiger partial charge on any atom is -0.484 e. The van der Waals surface area contributed by atoms with Crippen molar-refractivity contribution in [2.45, 2.75) is 27.7 Å². The summed E-state index contributed by atoms with van der Waals surface area (Å²) in [5.74, 6) is -1.04. The molecule has 0 saturated heterocycles. The van der Waals surface area contributed by atoms with Crippen molar-refractivity contribution in [3.8, 4) is 5.75 Å². The zero-order chi connectivity index (χ0) is 22.8. The number of hydrogen-bond donors (Lipinski definition) is 3. The van der Waals surface area contributed by atoms with Crippen molar-refractivity contribution >= 4 is 29.6 Å². The van der Waals surface area contributed by atoms with E-state index in [9.17, 15) is 14.4 Å². The van der Waals surface area contributed by atoms with Crippen LogP contribution in [0.1, 0.15) is 30.5 Å². The molecule has 2 rings (SSSR count). The molecule has 2 aromatic rings. The number of ether oxygens (including phenoxy) is 1. The minimum absolute atomic E-state index is 0.123. The highest BCUT2D eigenvalue weighted by Gasteiger charge is 2.12. The zero-order valence-corrected chi connectivity index (χ0v) is 18.2. The van der Waals surface area contributed by atoms with E-state index in [2.05, 4.69) is 21.2 Å². The Kier molecular flexibility index (Phi) is 8.75. The van der Waals surface area contributed by atoms with Crippen LogP contribution in [0.2, 0.25) is 0 Å². The van der Waals surface area contributed by atoms with Gasteiger partial charge in [-0.2, -0.15) is 5.10 Å². The number of hydrogen-bond acceptors (Lipinski definition) is 5. The average molecular weight is 425 g/mol. The van der Waals surface area contributed by atoms with Crippen molar-refractivity contribution in [3.63, 3.8) is 0 Å². The Hall–Kier alpha value is -3.68. The van der Waals surface area contributed by atoms with E-state index in [1.54, 1.807) is 24.3 Å². The topological polar surface area (TPSA) is 109 Å². The second-order valence-corrected chi connectivity index (χ2v) is 7.53. The summed E-state index contributed by atoms with van der Waals surface area (Å²) in [6.07, 6.45) is 1.41. The first kappa shape index (κ1) is 23.6. The molecule has 0 aliphatic heterocycles. The average Bonchev–Trinajstić information content (AvgIpc) is 2.74. The first-order valence-electron chi connectivity index (χ1n) is 9.96. The molecule has 0 saturated carbocycles. The Bertz CT molecular complexity index is 953. The molecule has 0 radical (unpaired) electrons. The Morgan fingerprint density at radius 1 is 1.03 bits per heavy atom. The van der Waals surface area contributed by atoms with Crippen LogP contribution in [0.3, 0.4) is 0 Å². The number of nitrogens with one attached hydrogen (secondary N) is 3. The summed E-state index contributed by atoms with van der Waals surface area (Å²) in [4.78, 5) is 35.3. The number of rotatable bonds is 8. The number of aryl methyl sites for hydroxylation is 2. The summed E-state index contributed by atoms with van der Waals surface area (Å²) in [5.41, 5.74) is 5.67. The van der Waals surface area contributed by atoms with Crippen molar-refractivity contribution in [2.75, 3.05) is 18.5 Å². The molecule has 0 aromatic heterocycles. The summed E-state index contributed by atoms with van der Waals surface area (Å²) >= 11 is 0. The normalized spacial score (nSPS) is 10.7. The van der Waals surface area contributed by atoms with Gasteiger partial charge in [0.25, 0.3) is 5.91 Å². The van der Waals surface area contributed by atoms with Gasteiger partial charge in [-0.1, -0.05) is 26.0 Å². The van der Waals surface area contributed by atoms with Crippen molar-refractivity contribution in [1.29, 1.82) is 0 Å². The van der Waals surface area contributed by atoms with Gasteiger partial charge in [0, 0.05) is 12.2 Å². The Labute approximate surface area is 182 Å². The molecule has 0 bridgehead atoms. The molecular weight excluding hydrogens is 396 g/mol. The van der Waals surface area contributed by atoms with Crippen LogP contribution in [0.4, 0.5) is 5.69 Å². The summed E-state index contributed by atoms with van der Waals surface area (Å²) in [6, 6.07) is 12.6. The maximum Gasteiger partial charge on any atom is 0.329 e. The Morgan fingerprint density at radius 3 is 2.42 bits per heavy atom. The lowest BCUT2D eigenvalue weighted by atomic mass is 10.1. The van der Waals surface area contributed by atoms with E-state index in [4.69, 9.17) is 4.74 Å². The molecule has 3 N–H and O–H groups in total. The molecule has 31 heavy (non-hydrogen) atoms. The summed E-state index contributed by atoms with van der Waals surface area (Å²) < 4.78 is 5.51. The van der Waals surface area contributed by atoms with E-state index in [-0.39, 0.29) is 18.4 Å². The molecule has 2 aromatic carbocycles. The summed E-state index contributed by atoms with van der Waals surface area (Å²) in [7, 11) is 0. The second-order valence-electron chi connectivity index (χ2n) is 7.53. The van der Waals surface area contributed by atoms with Gasteiger partial charge in [0.1, 0.15) is 5.75 Å². The molecule has 0 unspecified atom stereocenters. The molecule has 0 aliphatic rings. The molecular formula is C23H28N4O4. The smallest absolute Gasteiger partial charge is 0.329 e. The van der Waals surface area contributed by atoms with Gasteiger partial charge in [-0.05, 0) is 66.8 Å². The third-order valence-electron chi connectivity index (χ3n) is 4.17. The predicted molar refractivity (Wildman–Crippen MR) is 120 cm³/mol. The van der Waals surface area contributed by atoms with Gasteiger partial charge in [-0.25, -0.2) is 5.43 Å². The number of amides is 3. The predicted octanol–water partition coefficient (Wildman–Crippen LogP) is 2.54. The van der Waals surface area contributed by atoms with Gasteiger partial charge in [0.15, 0.2) is 6.61 Å². The van der Waals surface area contributed by atoms with Crippen LogP contribution in [0.15, 0.2) is 47.6 Å².